The van der Waals surface area contributed by atoms with E-state index in [1.165, 1.54) is 35.6 Å². The first-order valence-corrected chi connectivity index (χ1v) is 8.97. The molecule has 0 aliphatic carbocycles. The lowest BCUT2D eigenvalue weighted by Gasteiger charge is -2.12. The molecule has 0 spiro atoms. The third-order valence-electron chi connectivity index (χ3n) is 4.26. The average molecular weight is 366 g/mol. The summed E-state index contributed by atoms with van der Waals surface area (Å²) in [7, 11) is 0. The molecule has 2 aromatic carbocycles. The zero-order valence-corrected chi connectivity index (χ0v) is 14.8. The van der Waals surface area contributed by atoms with Crippen molar-refractivity contribution in [1.82, 2.24) is 9.13 Å². The Morgan fingerprint density at radius 2 is 1.81 bits per heavy atom. The van der Waals surface area contributed by atoms with E-state index in [0.717, 1.165) is 15.7 Å². The first-order chi connectivity index (χ1) is 12.5. The molecule has 0 bridgehead atoms. The number of hydrogen-bond donors (Lipinski definition) is 0. The topological polar surface area (TPSA) is 44.0 Å². The van der Waals surface area contributed by atoms with Crippen molar-refractivity contribution in [3.63, 3.8) is 0 Å². The molecule has 0 N–H and O–H groups in total. The van der Waals surface area contributed by atoms with Crippen molar-refractivity contribution in [3.8, 4) is 5.69 Å². The van der Waals surface area contributed by atoms with Gasteiger partial charge in [0.1, 0.15) is 10.5 Å². The molecule has 2 aromatic heterocycles. The molecular formula is C20H15FN2O2S. The third kappa shape index (κ3) is 2.78. The van der Waals surface area contributed by atoms with Gasteiger partial charge in [0.05, 0.1) is 17.7 Å². The van der Waals surface area contributed by atoms with E-state index in [9.17, 15) is 14.0 Å². The Labute approximate surface area is 152 Å². The van der Waals surface area contributed by atoms with Gasteiger partial charge >= 0.3 is 5.69 Å². The normalized spacial score (nSPS) is 11.2. The fourth-order valence-corrected chi connectivity index (χ4v) is 3.88. The van der Waals surface area contributed by atoms with E-state index >= 15 is 0 Å². The van der Waals surface area contributed by atoms with E-state index in [1.54, 1.807) is 16.0 Å². The number of thiophene rings is 1. The van der Waals surface area contributed by atoms with Crippen molar-refractivity contribution in [2.75, 3.05) is 0 Å². The predicted molar refractivity (Wildman–Crippen MR) is 102 cm³/mol. The highest BCUT2D eigenvalue weighted by Gasteiger charge is 2.16. The summed E-state index contributed by atoms with van der Waals surface area (Å²) in [6.45, 7) is 2.35. The van der Waals surface area contributed by atoms with Crippen LogP contribution in [0.5, 0.6) is 0 Å². The minimum absolute atomic E-state index is 0.356. The average Bonchev–Trinajstić information content (AvgIpc) is 3.10. The standard InChI is InChI=1S/C20H15FN2O2S/c1-13-3-2-4-14(11-13)12-22-17-9-10-26-18(17)19(24)23(20(22)25)16-7-5-15(21)6-8-16/h2-11H,12H2,1H3. The van der Waals surface area contributed by atoms with E-state index in [0.29, 0.717) is 22.4 Å². The summed E-state index contributed by atoms with van der Waals surface area (Å²) in [6, 6.07) is 15.0. The Morgan fingerprint density at radius 1 is 1.04 bits per heavy atom. The van der Waals surface area contributed by atoms with Gasteiger partial charge in [-0.3, -0.25) is 9.36 Å². The van der Waals surface area contributed by atoms with Crippen molar-refractivity contribution >= 4 is 21.6 Å². The third-order valence-corrected chi connectivity index (χ3v) is 5.15. The Balaban J connectivity index is 1.98. The molecule has 0 unspecified atom stereocenters. The number of aromatic nitrogens is 2. The second kappa shape index (κ2) is 6.38. The molecule has 2 heterocycles. The summed E-state index contributed by atoms with van der Waals surface area (Å²) >= 11 is 1.30. The maximum Gasteiger partial charge on any atom is 0.336 e. The highest BCUT2D eigenvalue weighted by atomic mass is 32.1. The van der Waals surface area contributed by atoms with Crippen LogP contribution in [0.2, 0.25) is 0 Å². The van der Waals surface area contributed by atoms with Gasteiger partial charge in [0, 0.05) is 0 Å². The molecule has 0 saturated carbocycles. The molecule has 0 atom stereocenters. The Kier molecular flexibility index (Phi) is 4.05. The molecule has 0 aliphatic rings. The molecular weight excluding hydrogens is 351 g/mol. The second-order valence-electron chi connectivity index (χ2n) is 6.11. The van der Waals surface area contributed by atoms with E-state index in [4.69, 9.17) is 0 Å². The first-order valence-electron chi connectivity index (χ1n) is 8.09. The summed E-state index contributed by atoms with van der Waals surface area (Å²) in [6.07, 6.45) is 0. The fraction of sp³-hybridized carbons (Fsp3) is 0.100. The minimum Gasteiger partial charge on any atom is -0.288 e. The summed E-state index contributed by atoms with van der Waals surface area (Å²) in [5.41, 5.74) is 2.23. The van der Waals surface area contributed by atoms with Crippen LogP contribution in [0.4, 0.5) is 4.39 Å². The molecule has 0 radical (unpaired) electrons. The molecule has 26 heavy (non-hydrogen) atoms. The fourth-order valence-electron chi connectivity index (χ4n) is 3.05. The Hall–Kier alpha value is -2.99. The van der Waals surface area contributed by atoms with Gasteiger partial charge in [-0.15, -0.1) is 11.3 Å². The monoisotopic (exact) mass is 366 g/mol. The van der Waals surface area contributed by atoms with Crippen molar-refractivity contribution in [3.05, 3.63) is 97.8 Å². The van der Waals surface area contributed by atoms with E-state index in [1.807, 2.05) is 31.2 Å². The van der Waals surface area contributed by atoms with Crippen molar-refractivity contribution in [1.29, 1.82) is 0 Å². The molecule has 0 saturated heterocycles. The summed E-state index contributed by atoms with van der Waals surface area (Å²) in [4.78, 5) is 25.9. The van der Waals surface area contributed by atoms with E-state index in [2.05, 4.69) is 0 Å². The van der Waals surface area contributed by atoms with Crippen LogP contribution in [0.3, 0.4) is 0 Å². The summed E-state index contributed by atoms with van der Waals surface area (Å²) in [5, 5.41) is 1.80. The molecule has 0 amide bonds. The van der Waals surface area contributed by atoms with E-state index in [-0.39, 0.29) is 5.56 Å². The largest absolute Gasteiger partial charge is 0.336 e. The van der Waals surface area contributed by atoms with Gasteiger partial charge in [-0.25, -0.2) is 13.8 Å². The molecule has 0 aliphatic heterocycles. The second-order valence-corrected chi connectivity index (χ2v) is 7.03. The number of aryl methyl sites for hydroxylation is 1. The van der Waals surface area contributed by atoms with Crippen LogP contribution >= 0.6 is 11.3 Å². The first kappa shape index (κ1) is 16.5. The van der Waals surface area contributed by atoms with Crippen molar-refractivity contribution in [2.45, 2.75) is 13.5 Å². The van der Waals surface area contributed by atoms with Crippen molar-refractivity contribution in [2.24, 2.45) is 0 Å². The highest BCUT2D eigenvalue weighted by molar-refractivity contribution is 7.17. The van der Waals surface area contributed by atoms with Gasteiger partial charge in [0.25, 0.3) is 5.56 Å². The lowest BCUT2D eigenvalue weighted by atomic mass is 10.1. The maximum atomic E-state index is 13.2. The number of fused-ring (bicyclic) bond motifs is 1. The quantitative estimate of drug-likeness (QED) is 0.555. The molecule has 0 fully saturated rings. The van der Waals surface area contributed by atoms with Crippen LogP contribution in [0.1, 0.15) is 11.1 Å². The number of nitrogens with zero attached hydrogens (tertiary/aromatic N) is 2. The van der Waals surface area contributed by atoms with E-state index < -0.39 is 11.5 Å². The van der Waals surface area contributed by atoms with Crippen LogP contribution in [-0.2, 0) is 6.54 Å². The molecule has 4 aromatic rings. The van der Waals surface area contributed by atoms with Crippen LogP contribution < -0.4 is 11.2 Å². The maximum absolute atomic E-state index is 13.2. The minimum atomic E-state index is -0.436. The smallest absolute Gasteiger partial charge is 0.288 e. The van der Waals surface area contributed by atoms with Crippen molar-refractivity contribution < 1.29 is 4.39 Å². The Morgan fingerprint density at radius 3 is 2.54 bits per heavy atom. The summed E-state index contributed by atoms with van der Waals surface area (Å²) < 4.78 is 16.4. The number of rotatable bonds is 3. The zero-order valence-electron chi connectivity index (χ0n) is 14.0. The van der Waals surface area contributed by atoms with Crippen LogP contribution in [0, 0.1) is 12.7 Å². The molecule has 4 rings (SSSR count). The van der Waals surface area contributed by atoms with Gasteiger partial charge in [-0.1, -0.05) is 29.8 Å². The number of hydrogen-bond acceptors (Lipinski definition) is 3. The SMILES string of the molecule is Cc1cccc(Cn2c(=O)n(-c3ccc(F)cc3)c(=O)c3sccc32)c1. The molecule has 4 nitrogen and oxygen atoms in total. The lowest BCUT2D eigenvalue weighted by molar-refractivity contribution is 0.626. The molecule has 130 valence electrons. The predicted octanol–water partition coefficient (Wildman–Crippen LogP) is 3.71. The lowest BCUT2D eigenvalue weighted by Crippen LogP contribution is -2.38. The number of halogens is 1. The van der Waals surface area contributed by atoms with Gasteiger partial charge < -0.3 is 0 Å². The highest BCUT2D eigenvalue weighted by Crippen LogP contribution is 2.18. The van der Waals surface area contributed by atoms with Gasteiger partial charge in [0.2, 0.25) is 0 Å². The van der Waals surface area contributed by atoms with Gasteiger partial charge in [-0.2, -0.15) is 0 Å². The zero-order chi connectivity index (χ0) is 18.3. The van der Waals surface area contributed by atoms with Gasteiger partial charge in [0.15, 0.2) is 0 Å². The van der Waals surface area contributed by atoms with Crippen LogP contribution in [0.15, 0.2) is 69.6 Å². The van der Waals surface area contributed by atoms with Gasteiger partial charge in [-0.05, 0) is 48.2 Å². The summed E-state index contributed by atoms with van der Waals surface area (Å²) in [5.74, 6) is -0.418. The number of benzene rings is 2. The van der Waals surface area contributed by atoms with Crippen LogP contribution in [0.25, 0.3) is 15.9 Å². The molecule has 6 heteroatoms. The Bertz CT molecular complexity index is 1220. The van der Waals surface area contributed by atoms with Crippen LogP contribution in [-0.4, -0.2) is 9.13 Å².